The lowest BCUT2D eigenvalue weighted by atomic mass is 10.2. The standard InChI is InChI=1S/C14H19FN2O3/c1-17(12-7-5-6-11(15)10-12)14(20)16-9-4-2-3-8-13(18)19/h5-7,10H,2-4,8-9H2,1H3,(H,16,20)(H,18,19). The summed E-state index contributed by atoms with van der Waals surface area (Å²) >= 11 is 0. The topological polar surface area (TPSA) is 69.6 Å². The van der Waals surface area contributed by atoms with Crippen LogP contribution in [-0.4, -0.2) is 30.7 Å². The lowest BCUT2D eigenvalue weighted by Crippen LogP contribution is -2.37. The Morgan fingerprint density at radius 2 is 2.05 bits per heavy atom. The van der Waals surface area contributed by atoms with E-state index in [0.29, 0.717) is 18.7 Å². The smallest absolute Gasteiger partial charge is 0.321 e. The molecule has 0 aliphatic rings. The molecule has 0 aromatic heterocycles. The summed E-state index contributed by atoms with van der Waals surface area (Å²) in [4.78, 5) is 23.4. The van der Waals surface area contributed by atoms with Gasteiger partial charge in [0, 0.05) is 25.7 Å². The fraction of sp³-hybridized carbons (Fsp3) is 0.429. The largest absolute Gasteiger partial charge is 0.481 e. The summed E-state index contributed by atoms with van der Waals surface area (Å²) in [7, 11) is 1.56. The number of hydrogen-bond donors (Lipinski definition) is 2. The fourth-order valence-corrected chi connectivity index (χ4v) is 1.69. The Morgan fingerprint density at radius 1 is 1.30 bits per heavy atom. The number of urea groups is 1. The van der Waals surface area contributed by atoms with Crippen molar-refractivity contribution in [1.82, 2.24) is 5.32 Å². The van der Waals surface area contributed by atoms with E-state index in [2.05, 4.69) is 5.32 Å². The highest BCUT2D eigenvalue weighted by Gasteiger charge is 2.10. The Kier molecular flexibility index (Phi) is 6.49. The van der Waals surface area contributed by atoms with Crippen molar-refractivity contribution in [1.29, 1.82) is 0 Å². The number of carbonyl (C=O) groups is 2. The maximum Gasteiger partial charge on any atom is 0.321 e. The number of benzene rings is 1. The third kappa shape index (κ3) is 5.69. The predicted octanol–water partition coefficient (Wildman–Crippen LogP) is 2.62. The van der Waals surface area contributed by atoms with Crippen LogP contribution in [0, 0.1) is 5.82 Å². The molecule has 110 valence electrons. The molecule has 5 nitrogen and oxygen atoms in total. The van der Waals surface area contributed by atoms with E-state index in [1.54, 1.807) is 19.2 Å². The van der Waals surface area contributed by atoms with Crippen LogP contribution in [0.4, 0.5) is 14.9 Å². The lowest BCUT2D eigenvalue weighted by Gasteiger charge is -2.18. The van der Waals surface area contributed by atoms with Gasteiger partial charge in [-0.1, -0.05) is 12.5 Å². The van der Waals surface area contributed by atoms with E-state index in [9.17, 15) is 14.0 Å². The molecular weight excluding hydrogens is 263 g/mol. The number of rotatable bonds is 7. The fourth-order valence-electron chi connectivity index (χ4n) is 1.69. The second-order valence-electron chi connectivity index (χ2n) is 4.48. The van der Waals surface area contributed by atoms with E-state index >= 15 is 0 Å². The molecule has 20 heavy (non-hydrogen) atoms. The van der Waals surface area contributed by atoms with Crippen molar-refractivity contribution in [2.24, 2.45) is 0 Å². The van der Waals surface area contributed by atoms with Crippen LogP contribution in [-0.2, 0) is 4.79 Å². The monoisotopic (exact) mass is 282 g/mol. The number of carboxylic acid groups (broad SMARTS) is 1. The molecule has 1 aromatic carbocycles. The Morgan fingerprint density at radius 3 is 2.70 bits per heavy atom. The summed E-state index contributed by atoms with van der Waals surface area (Å²) in [5.74, 6) is -1.20. The minimum atomic E-state index is -0.806. The van der Waals surface area contributed by atoms with Gasteiger partial charge in [0.15, 0.2) is 0 Å². The molecule has 0 saturated heterocycles. The van der Waals surface area contributed by atoms with Crippen molar-refractivity contribution in [3.63, 3.8) is 0 Å². The SMILES string of the molecule is CN(C(=O)NCCCCCC(=O)O)c1cccc(F)c1. The van der Waals surface area contributed by atoms with Crippen molar-refractivity contribution in [3.8, 4) is 0 Å². The minimum absolute atomic E-state index is 0.150. The maximum atomic E-state index is 13.0. The molecule has 1 aromatic rings. The van der Waals surface area contributed by atoms with Crippen LogP contribution in [0.5, 0.6) is 0 Å². The zero-order chi connectivity index (χ0) is 15.0. The number of nitrogens with zero attached hydrogens (tertiary/aromatic N) is 1. The van der Waals surface area contributed by atoms with E-state index in [1.165, 1.54) is 17.0 Å². The highest BCUT2D eigenvalue weighted by molar-refractivity contribution is 5.91. The van der Waals surface area contributed by atoms with Gasteiger partial charge in [0.25, 0.3) is 0 Å². The van der Waals surface area contributed by atoms with Crippen LogP contribution in [0.1, 0.15) is 25.7 Å². The van der Waals surface area contributed by atoms with Crippen LogP contribution in [0.25, 0.3) is 0 Å². The van der Waals surface area contributed by atoms with E-state index in [0.717, 1.165) is 12.8 Å². The summed E-state index contributed by atoms with van der Waals surface area (Å²) in [6.45, 7) is 0.470. The molecular formula is C14H19FN2O3. The first-order chi connectivity index (χ1) is 9.50. The average Bonchev–Trinajstić information content (AvgIpc) is 2.41. The second kappa shape index (κ2) is 8.14. The first-order valence-corrected chi connectivity index (χ1v) is 6.49. The molecule has 0 bridgehead atoms. The first-order valence-electron chi connectivity index (χ1n) is 6.49. The summed E-state index contributed by atoms with van der Waals surface area (Å²) in [5, 5.41) is 11.2. The molecule has 0 spiro atoms. The number of carboxylic acids is 1. The summed E-state index contributed by atoms with van der Waals surface area (Å²) < 4.78 is 13.0. The zero-order valence-corrected chi connectivity index (χ0v) is 11.4. The molecule has 0 saturated carbocycles. The van der Waals surface area contributed by atoms with Crippen molar-refractivity contribution in [2.75, 3.05) is 18.5 Å². The van der Waals surface area contributed by atoms with Crippen molar-refractivity contribution in [3.05, 3.63) is 30.1 Å². The zero-order valence-electron chi connectivity index (χ0n) is 11.4. The minimum Gasteiger partial charge on any atom is -0.481 e. The van der Waals surface area contributed by atoms with Crippen molar-refractivity contribution < 1.29 is 19.1 Å². The van der Waals surface area contributed by atoms with Crippen LogP contribution in [0.3, 0.4) is 0 Å². The highest BCUT2D eigenvalue weighted by Crippen LogP contribution is 2.13. The van der Waals surface area contributed by atoms with E-state index < -0.39 is 11.8 Å². The molecule has 2 amide bonds. The van der Waals surface area contributed by atoms with E-state index in [1.807, 2.05) is 0 Å². The van der Waals surface area contributed by atoms with Gasteiger partial charge >= 0.3 is 12.0 Å². The number of halogens is 1. The molecule has 6 heteroatoms. The van der Waals surface area contributed by atoms with Gasteiger partial charge in [-0.05, 0) is 31.0 Å². The molecule has 0 aliphatic heterocycles. The van der Waals surface area contributed by atoms with Gasteiger partial charge < -0.3 is 10.4 Å². The van der Waals surface area contributed by atoms with Gasteiger partial charge in [-0.15, -0.1) is 0 Å². The number of aliphatic carboxylic acids is 1. The molecule has 1 rings (SSSR count). The molecule has 0 aliphatic carbocycles. The maximum absolute atomic E-state index is 13.0. The quantitative estimate of drug-likeness (QED) is 0.755. The molecule has 0 atom stereocenters. The van der Waals surface area contributed by atoms with Crippen LogP contribution in [0.15, 0.2) is 24.3 Å². The Balaban J connectivity index is 2.27. The lowest BCUT2D eigenvalue weighted by molar-refractivity contribution is -0.137. The number of nitrogens with one attached hydrogen (secondary N) is 1. The Hall–Kier alpha value is -2.11. The first kappa shape index (κ1) is 15.9. The van der Waals surface area contributed by atoms with Gasteiger partial charge in [0.05, 0.1) is 0 Å². The molecule has 2 N–H and O–H groups in total. The Bertz CT molecular complexity index is 465. The summed E-state index contributed by atoms with van der Waals surface area (Å²) in [6, 6.07) is 5.48. The number of hydrogen-bond acceptors (Lipinski definition) is 2. The average molecular weight is 282 g/mol. The van der Waals surface area contributed by atoms with Gasteiger partial charge in [0.1, 0.15) is 5.82 Å². The molecule has 0 heterocycles. The van der Waals surface area contributed by atoms with Crippen molar-refractivity contribution in [2.45, 2.75) is 25.7 Å². The predicted molar refractivity (Wildman–Crippen MR) is 74.3 cm³/mol. The van der Waals surface area contributed by atoms with Gasteiger partial charge in [-0.2, -0.15) is 0 Å². The van der Waals surface area contributed by atoms with Crippen LogP contribution >= 0.6 is 0 Å². The Labute approximate surface area is 117 Å². The molecule has 0 unspecified atom stereocenters. The van der Waals surface area contributed by atoms with E-state index in [4.69, 9.17) is 5.11 Å². The third-order valence-electron chi connectivity index (χ3n) is 2.84. The molecule has 0 fully saturated rings. The second-order valence-corrected chi connectivity index (χ2v) is 4.48. The van der Waals surface area contributed by atoms with Gasteiger partial charge in [-0.3, -0.25) is 9.69 Å². The van der Waals surface area contributed by atoms with Crippen LogP contribution in [0.2, 0.25) is 0 Å². The number of unbranched alkanes of at least 4 members (excludes halogenated alkanes) is 2. The van der Waals surface area contributed by atoms with Gasteiger partial charge in [-0.25, -0.2) is 9.18 Å². The highest BCUT2D eigenvalue weighted by atomic mass is 19.1. The van der Waals surface area contributed by atoms with Crippen molar-refractivity contribution >= 4 is 17.7 Å². The normalized spacial score (nSPS) is 10.1. The summed E-state index contributed by atoms with van der Waals surface area (Å²) in [5.41, 5.74) is 0.480. The number of amides is 2. The number of anilines is 1. The number of carbonyl (C=O) groups excluding carboxylic acids is 1. The third-order valence-corrected chi connectivity index (χ3v) is 2.84. The summed E-state index contributed by atoms with van der Waals surface area (Å²) in [6.07, 6.45) is 2.22. The molecule has 0 radical (unpaired) electrons. The van der Waals surface area contributed by atoms with Gasteiger partial charge in [0.2, 0.25) is 0 Å². The van der Waals surface area contributed by atoms with Crippen LogP contribution < -0.4 is 10.2 Å². The van der Waals surface area contributed by atoms with E-state index in [-0.39, 0.29) is 12.5 Å².